The lowest BCUT2D eigenvalue weighted by atomic mass is 10.0. The third-order valence-electron chi connectivity index (χ3n) is 7.38. The molecule has 0 radical (unpaired) electrons. The van der Waals surface area contributed by atoms with E-state index >= 15 is 0 Å². The maximum atomic E-state index is 4.96. The van der Waals surface area contributed by atoms with Gasteiger partial charge in [-0.3, -0.25) is 0 Å². The lowest BCUT2D eigenvalue weighted by Gasteiger charge is -2.07. The summed E-state index contributed by atoms with van der Waals surface area (Å²) in [6.45, 7) is 9.34. The molecule has 0 aliphatic heterocycles. The van der Waals surface area contributed by atoms with Crippen molar-refractivity contribution in [1.29, 1.82) is 0 Å². The van der Waals surface area contributed by atoms with Gasteiger partial charge in [-0.1, -0.05) is 97.1 Å². The monoisotopic (exact) mass is 610 g/mol. The molecule has 0 fully saturated rings. The Labute approximate surface area is 266 Å². The maximum absolute atomic E-state index is 4.96. The first-order valence-electron chi connectivity index (χ1n) is 14.7. The maximum Gasteiger partial charge on any atom is 0.190 e. The van der Waals surface area contributed by atoms with Gasteiger partial charge in [-0.25, -0.2) is 9.98 Å². The second-order valence-corrected chi connectivity index (χ2v) is 12.1. The van der Waals surface area contributed by atoms with Gasteiger partial charge in [0.2, 0.25) is 0 Å². The van der Waals surface area contributed by atoms with Gasteiger partial charge in [0.25, 0.3) is 0 Å². The van der Waals surface area contributed by atoms with E-state index in [-0.39, 0.29) is 0 Å². The van der Waals surface area contributed by atoms with Crippen molar-refractivity contribution in [3.05, 3.63) is 166 Å². The smallest absolute Gasteiger partial charge is 0.190 e. The van der Waals surface area contributed by atoms with Crippen molar-refractivity contribution in [1.82, 2.24) is 9.13 Å². The highest BCUT2D eigenvalue weighted by atomic mass is 32.1. The van der Waals surface area contributed by atoms with Crippen LogP contribution in [0.3, 0.4) is 0 Å². The number of thiazole rings is 2. The number of hydrogen-bond acceptors (Lipinski definition) is 4. The molecule has 0 amide bonds. The van der Waals surface area contributed by atoms with Crippen LogP contribution in [0, 0.1) is 0 Å². The largest absolute Gasteiger partial charge is 0.313 e. The van der Waals surface area contributed by atoms with Crippen molar-refractivity contribution in [2.75, 3.05) is 0 Å². The van der Waals surface area contributed by atoms with Crippen LogP contribution in [0.5, 0.6) is 0 Å². The standard InChI is InChI=1S/C38H34N4S2/c1-3-25-41-35(31-11-7-5-8-12-31)27-43-37(41)39-33-21-17-29(18-22-33)15-16-30-19-23-34(24-20-30)40-38-42(26-4-2)36(28-44-38)32-13-9-6-10-14-32/h3-14,17-24,27-28H,1-2,15-16,25-26H2. The zero-order chi connectivity index (χ0) is 30.1. The van der Waals surface area contributed by atoms with Crippen LogP contribution in [-0.4, -0.2) is 9.13 Å². The van der Waals surface area contributed by atoms with E-state index in [0.29, 0.717) is 13.1 Å². The van der Waals surface area contributed by atoms with E-state index in [2.05, 4.69) is 130 Å². The molecule has 0 saturated carbocycles. The summed E-state index contributed by atoms with van der Waals surface area (Å²) in [7, 11) is 0. The van der Waals surface area contributed by atoms with Gasteiger partial charge >= 0.3 is 0 Å². The van der Waals surface area contributed by atoms with Crippen LogP contribution < -0.4 is 9.60 Å². The van der Waals surface area contributed by atoms with Gasteiger partial charge in [-0.15, -0.1) is 35.8 Å². The van der Waals surface area contributed by atoms with E-state index in [0.717, 1.165) is 45.2 Å². The normalized spacial score (nSPS) is 12.0. The van der Waals surface area contributed by atoms with Crippen LogP contribution in [-0.2, 0) is 25.9 Å². The SMILES string of the molecule is C=CCn1c(-c2ccccc2)csc1=Nc1ccc(CCc2ccc(N=c3scc(-c4ccccc4)n3CC=C)cc2)cc1. The Kier molecular flexibility index (Phi) is 9.41. The molecule has 218 valence electrons. The number of rotatable bonds is 11. The van der Waals surface area contributed by atoms with E-state index < -0.39 is 0 Å². The first kappa shape index (κ1) is 29.3. The van der Waals surface area contributed by atoms with Gasteiger partial charge in [0.05, 0.1) is 22.8 Å². The van der Waals surface area contributed by atoms with Gasteiger partial charge < -0.3 is 9.13 Å². The van der Waals surface area contributed by atoms with Crippen LogP contribution in [0.1, 0.15) is 11.1 Å². The molecule has 0 atom stereocenters. The van der Waals surface area contributed by atoms with Crippen LogP contribution in [0.15, 0.2) is 155 Å². The molecule has 0 aliphatic carbocycles. The highest BCUT2D eigenvalue weighted by molar-refractivity contribution is 7.07. The second-order valence-electron chi connectivity index (χ2n) is 10.4. The summed E-state index contributed by atoms with van der Waals surface area (Å²) in [6, 6.07) is 38.1. The van der Waals surface area contributed by atoms with Crippen LogP contribution in [0.25, 0.3) is 22.5 Å². The van der Waals surface area contributed by atoms with Crippen LogP contribution in [0.4, 0.5) is 11.4 Å². The summed E-state index contributed by atoms with van der Waals surface area (Å²) in [5.41, 5.74) is 9.19. The number of benzene rings is 4. The third-order valence-corrected chi connectivity index (χ3v) is 9.11. The Balaban J connectivity index is 1.13. The van der Waals surface area contributed by atoms with Crippen LogP contribution >= 0.6 is 22.7 Å². The topological polar surface area (TPSA) is 34.6 Å². The van der Waals surface area contributed by atoms with E-state index in [9.17, 15) is 0 Å². The highest BCUT2D eigenvalue weighted by Crippen LogP contribution is 2.23. The van der Waals surface area contributed by atoms with Gasteiger partial charge in [-0.05, 0) is 59.4 Å². The molecule has 0 saturated heterocycles. The summed E-state index contributed by atoms with van der Waals surface area (Å²) >= 11 is 3.32. The molecule has 44 heavy (non-hydrogen) atoms. The van der Waals surface area contributed by atoms with E-state index in [4.69, 9.17) is 9.98 Å². The number of nitrogens with zero attached hydrogens (tertiary/aromatic N) is 4. The number of hydrogen-bond donors (Lipinski definition) is 0. The molecule has 6 aromatic rings. The summed E-state index contributed by atoms with van der Waals surface area (Å²) < 4.78 is 4.44. The van der Waals surface area contributed by atoms with Crippen molar-refractivity contribution in [2.45, 2.75) is 25.9 Å². The minimum atomic E-state index is 0.716. The van der Waals surface area contributed by atoms with E-state index in [1.807, 2.05) is 24.3 Å². The molecule has 6 rings (SSSR count). The predicted octanol–water partition coefficient (Wildman–Crippen LogP) is 9.37. The van der Waals surface area contributed by atoms with Gasteiger partial charge in [0, 0.05) is 23.8 Å². The molecule has 4 aromatic carbocycles. The van der Waals surface area contributed by atoms with Gasteiger partial charge in [0.15, 0.2) is 9.60 Å². The van der Waals surface area contributed by atoms with E-state index in [1.54, 1.807) is 22.7 Å². The molecule has 0 aliphatic rings. The van der Waals surface area contributed by atoms with Crippen molar-refractivity contribution in [3.8, 4) is 22.5 Å². The Morgan fingerprint density at radius 1 is 0.523 bits per heavy atom. The van der Waals surface area contributed by atoms with Gasteiger partial charge in [-0.2, -0.15) is 0 Å². The third kappa shape index (κ3) is 6.88. The molecule has 0 bridgehead atoms. The molecular weight excluding hydrogens is 577 g/mol. The zero-order valence-electron chi connectivity index (χ0n) is 24.5. The second kappa shape index (κ2) is 14.1. The molecule has 2 heterocycles. The fourth-order valence-electron chi connectivity index (χ4n) is 5.11. The first-order chi connectivity index (χ1) is 21.7. The van der Waals surface area contributed by atoms with Gasteiger partial charge in [0.1, 0.15) is 0 Å². The van der Waals surface area contributed by atoms with Crippen molar-refractivity contribution in [3.63, 3.8) is 0 Å². The zero-order valence-corrected chi connectivity index (χ0v) is 26.2. The lowest BCUT2D eigenvalue weighted by Crippen LogP contribution is -2.14. The minimum Gasteiger partial charge on any atom is -0.313 e. The van der Waals surface area contributed by atoms with Crippen molar-refractivity contribution < 1.29 is 0 Å². The molecule has 6 heteroatoms. The summed E-state index contributed by atoms with van der Waals surface area (Å²) in [6.07, 6.45) is 5.78. The van der Waals surface area contributed by atoms with Crippen molar-refractivity contribution in [2.24, 2.45) is 9.98 Å². The molecule has 0 N–H and O–H groups in total. The Morgan fingerprint density at radius 3 is 1.27 bits per heavy atom. The fraction of sp³-hybridized carbons (Fsp3) is 0.105. The lowest BCUT2D eigenvalue weighted by molar-refractivity contribution is 0.800. The highest BCUT2D eigenvalue weighted by Gasteiger charge is 2.08. The molecule has 4 nitrogen and oxygen atoms in total. The molecular formula is C38H34N4S2. The molecule has 2 aromatic heterocycles. The Morgan fingerprint density at radius 2 is 0.909 bits per heavy atom. The average Bonchev–Trinajstić information content (AvgIpc) is 3.66. The summed E-state index contributed by atoms with van der Waals surface area (Å²) in [5, 5.41) is 4.35. The minimum absolute atomic E-state index is 0.716. The van der Waals surface area contributed by atoms with E-state index in [1.165, 1.54) is 22.3 Å². The molecule has 0 spiro atoms. The average molecular weight is 611 g/mol. The number of aromatic nitrogens is 2. The summed E-state index contributed by atoms with van der Waals surface area (Å²) in [5.74, 6) is 0. The number of aryl methyl sites for hydroxylation is 2. The predicted molar refractivity (Wildman–Crippen MR) is 187 cm³/mol. The Bertz CT molecular complexity index is 1830. The quantitative estimate of drug-likeness (QED) is 0.131. The summed E-state index contributed by atoms with van der Waals surface area (Å²) in [4.78, 5) is 11.9. The fourth-order valence-corrected chi connectivity index (χ4v) is 6.99. The molecule has 0 unspecified atom stereocenters. The first-order valence-corrected chi connectivity index (χ1v) is 16.4. The number of allylic oxidation sites excluding steroid dienone is 2. The van der Waals surface area contributed by atoms with Crippen molar-refractivity contribution >= 4 is 34.0 Å². The van der Waals surface area contributed by atoms with Crippen LogP contribution in [0.2, 0.25) is 0 Å². The Hall–Kier alpha value is -4.78.